The van der Waals surface area contributed by atoms with Crippen LogP contribution in [0.3, 0.4) is 0 Å². The largest absolute Gasteiger partial charge is 0.481 e. The van der Waals surface area contributed by atoms with Gasteiger partial charge >= 0.3 is 5.97 Å². The van der Waals surface area contributed by atoms with Gasteiger partial charge in [0.05, 0.1) is 23.4 Å². The van der Waals surface area contributed by atoms with Gasteiger partial charge in [-0.05, 0) is 50.5 Å². The minimum Gasteiger partial charge on any atom is -0.481 e. The highest BCUT2D eigenvalue weighted by molar-refractivity contribution is 5.95. The molecule has 2 atom stereocenters. The summed E-state index contributed by atoms with van der Waals surface area (Å²) < 4.78 is 5.30. The molecule has 6 nitrogen and oxygen atoms in total. The van der Waals surface area contributed by atoms with Crippen LogP contribution >= 0.6 is 0 Å². The topological polar surface area (TPSA) is 92.4 Å². The first-order valence-corrected chi connectivity index (χ1v) is 7.60. The molecule has 0 bridgehead atoms. The Bertz CT molecular complexity index is 724. The number of furan rings is 1. The molecule has 0 aliphatic heterocycles. The van der Waals surface area contributed by atoms with Crippen LogP contribution in [-0.2, 0) is 4.79 Å². The number of rotatable bonds is 4. The van der Waals surface area contributed by atoms with Gasteiger partial charge in [-0.15, -0.1) is 0 Å². The predicted octanol–water partition coefficient (Wildman–Crippen LogP) is 2.63. The zero-order valence-corrected chi connectivity index (χ0v) is 12.8. The van der Waals surface area contributed by atoms with E-state index in [1.807, 2.05) is 6.07 Å². The summed E-state index contributed by atoms with van der Waals surface area (Å²) >= 11 is 0. The number of pyridine rings is 1. The molecule has 0 saturated heterocycles. The summed E-state index contributed by atoms with van der Waals surface area (Å²) in [4.78, 5) is 27.8. The van der Waals surface area contributed by atoms with Gasteiger partial charge in [-0.1, -0.05) is 0 Å². The monoisotopic (exact) mass is 314 g/mol. The standard InChI is InChI=1S/C17H18N2O4/c1-10-13(6-7-14(18-10)15-3-2-8-23-15)16(20)19-12-5-4-11(9-12)17(21)22/h2-3,6-8,11-12H,4-5,9H2,1H3,(H,19,20)(H,21,22)/t11-,12+/m0/s1. The number of aryl methyl sites for hydroxylation is 1. The number of hydrogen-bond donors (Lipinski definition) is 2. The lowest BCUT2D eigenvalue weighted by molar-refractivity contribution is -0.141. The smallest absolute Gasteiger partial charge is 0.306 e. The second kappa shape index (κ2) is 6.24. The number of nitrogens with one attached hydrogen (secondary N) is 1. The molecule has 2 N–H and O–H groups in total. The van der Waals surface area contributed by atoms with Gasteiger partial charge in [-0.25, -0.2) is 4.98 Å². The first-order valence-electron chi connectivity index (χ1n) is 7.60. The summed E-state index contributed by atoms with van der Waals surface area (Å²) in [6.45, 7) is 1.77. The van der Waals surface area contributed by atoms with Crippen molar-refractivity contribution in [3.8, 4) is 11.5 Å². The maximum Gasteiger partial charge on any atom is 0.306 e. The first-order chi connectivity index (χ1) is 11.0. The molecule has 2 aromatic heterocycles. The van der Waals surface area contributed by atoms with Crippen LogP contribution in [0.25, 0.3) is 11.5 Å². The number of carbonyl (C=O) groups excluding carboxylic acids is 1. The van der Waals surface area contributed by atoms with Crippen molar-refractivity contribution in [3.05, 3.63) is 41.8 Å². The molecule has 0 spiro atoms. The molecule has 1 aliphatic rings. The number of nitrogens with zero attached hydrogens (tertiary/aromatic N) is 1. The van der Waals surface area contributed by atoms with Crippen molar-refractivity contribution in [1.82, 2.24) is 10.3 Å². The van der Waals surface area contributed by atoms with E-state index in [2.05, 4.69) is 10.3 Å². The van der Waals surface area contributed by atoms with Gasteiger partial charge in [0.15, 0.2) is 5.76 Å². The Kier molecular flexibility index (Phi) is 4.14. The van der Waals surface area contributed by atoms with Crippen LogP contribution in [0.15, 0.2) is 34.9 Å². The number of carboxylic acids is 1. The summed E-state index contributed by atoms with van der Waals surface area (Å²) in [5, 5.41) is 11.9. The van der Waals surface area contributed by atoms with Crippen LogP contribution in [0, 0.1) is 12.8 Å². The molecule has 1 saturated carbocycles. The molecule has 1 aliphatic carbocycles. The number of aliphatic carboxylic acids is 1. The maximum atomic E-state index is 12.4. The molecule has 2 heterocycles. The second-order valence-corrected chi connectivity index (χ2v) is 5.83. The van der Waals surface area contributed by atoms with Gasteiger partial charge in [0.1, 0.15) is 5.69 Å². The summed E-state index contributed by atoms with van der Waals surface area (Å²) in [6, 6.07) is 6.97. The number of amides is 1. The van der Waals surface area contributed by atoms with Crippen LogP contribution < -0.4 is 5.32 Å². The van der Waals surface area contributed by atoms with E-state index in [1.165, 1.54) is 0 Å². The molecule has 2 aromatic rings. The maximum absolute atomic E-state index is 12.4. The van der Waals surface area contributed by atoms with Crippen molar-refractivity contribution in [2.75, 3.05) is 0 Å². The molecule has 0 aromatic carbocycles. The van der Waals surface area contributed by atoms with Crippen molar-refractivity contribution in [2.45, 2.75) is 32.2 Å². The SMILES string of the molecule is Cc1nc(-c2ccco2)ccc1C(=O)N[C@@H]1CC[C@H](C(=O)O)C1. The van der Waals surface area contributed by atoms with Crippen LogP contribution in [-0.4, -0.2) is 28.0 Å². The molecule has 120 valence electrons. The first kappa shape index (κ1) is 15.3. The Hall–Kier alpha value is -2.63. The van der Waals surface area contributed by atoms with Gasteiger partial charge in [-0.2, -0.15) is 0 Å². The molecular weight excluding hydrogens is 296 g/mol. The fourth-order valence-electron chi connectivity index (χ4n) is 2.96. The van der Waals surface area contributed by atoms with E-state index in [9.17, 15) is 9.59 Å². The summed E-state index contributed by atoms with van der Waals surface area (Å²) in [6.07, 6.45) is 3.36. The molecule has 1 fully saturated rings. The Balaban J connectivity index is 1.69. The van der Waals surface area contributed by atoms with E-state index in [4.69, 9.17) is 9.52 Å². The Morgan fingerprint density at radius 1 is 1.30 bits per heavy atom. The summed E-state index contributed by atoms with van der Waals surface area (Å²) in [5.74, 6) is -0.708. The number of hydrogen-bond acceptors (Lipinski definition) is 4. The van der Waals surface area contributed by atoms with Crippen molar-refractivity contribution in [3.63, 3.8) is 0 Å². The van der Waals surface area contributed by atoms with Crippen molar-refractivity contribution >= 4 is 11.9 Å². The second-order valence-electron chi connectivity index (χ2n) is 5.83. The van der Waals surface area contributed by atoms with E-state index in [0.717, 1.165) is 0 Å². The zero-order valence-electron chi connectivity index (χ0n) is 12.8. The Labute approximate surface area is 133 Å². The van der Waals surface area contributed by atoms with Gasteiger partial charge in [0.2, 0.25) is 0 Å². The van der Waals surface area contributed by atoms with Gasteiger partial charge in [0.25, 0.3) is 5.91 Å². The minimum atomic E-state index is -0.789. The minimum absolute atomic E-state index is 0.0900. The summed E-state index contributed by atoms with van der Waals surface area (Å²) in [5.41, 5.74) is 1.79. The lowest BCUT2D eigenvalue weighted by atomic mass is 10.1. The normalized spacial score (nSPS) is 20.4. The zero-order chi connectivity index (χ0) is 16.4. The fraction of sp³-hybridized carbons (Fsp3) is 0.353. The highest BCUT2D eigenvalue weighted by Gasteiger charge is 2.30. The third-order valence-corrected chi connectivity index (χ3v) is 4.22. The van der Waals surface area contributed by atoms with E-state index < -0.39 is 5.97 Å². The number of aromatic nitrogens is 1. The Morgan fingerprint density at radius 2 is 2.13 bits per heavy atom. The van der Waals surface area contributed by atoms with E-state index >= 15 is 0 Å². The van der Waals surface area contributed by atoms with Crippen LogP contribution in [0.5, 0.6) is 0 Å². The van der Waals surface area contributed by atoms with Crippen LogP contribution in [0.4, 0.5) is 0 Å². The van der Waals surface area contributed by atoms with E-state index in [-0.39, 0.29) is 17.9 Å². The van der Waals surface area contributed by atoms with Gasteiger partial charge in [-0.3, -0.25) is 9.59 Å². The van der Waals surface area contributed by atoms with E-state index in [1.54, 1.807) is 31.4 Å². The number of carbonyl (C=O) groups is 2. The molecule has 23 heavy (non-hydrogen) atoms. The third-order valence-electron chi connectivity index (χ3n) is 4.22. The third kappa shape index (κ3) is 3.26. The Morgan fingerprint density at radius 3 is 2.74 bits per heavy atom. The number of carboxylic acid groups (broad SMARTS) is 1. The van der Waals surface area contributed by atoms with Crippen molar-refractivity contribution in [2.24, 2.45) is 5.92 Å². The molecule has 1 amide bonds. The average molecular weight is 314 g/mol. The van der Waals surface area contributed by atoms with Gasteiger partial charge < -0.3 is 14.8 Å². The van der Waals surface area contributed by atoms with Gasteiger partial charge in [0, 0.05) is 6.04 Å². The molecule has 6 heteroatoms. The highest BCUT2D eigenvalue weighted by Crippen LogP contribution is 2.26. The van der Waals surface area contributed by atoms with Crippen molar-refractivity contribution in [1.29, 1.82) is 0 Å². The molecule has 0 unspecified atom stereocenters. The average Bonchev–Trinajstić information content (AvgIpc) is 3.18. The van der Waals surface area contributed by atoms with E-state index in [0.29, 0.717) is 42.0 Å². The quantitative estimate of drug-likeness (QED) is 0.905. The fourth-order valence-corrected chi connectivity index (χ4v) is 2.96. The van der Waals surface area contributed by atoms with Crippen molar-refractivity contribution < 1.29 is 19.1 Å². The highest BCUT2D eigenvalue weighted by atomic mass is 16.4. The predicted molar refractivity (Wildman–Crippen MR) is 82.9 cm³/mol. The lowest BCUT2D eigenvalue weighted by Gasteiger charge is -2.13. The molecule has 3 rings (SSSR count). The van der Waals surface area contributed by atoms with Crippen LogP contribution in [0.1, 0.15) is 35.3 Å². The summed E-state index contributed by atoms with van der Waals surface area (Å²) in [7, 11) is 0. The molecule has 0 radical (unpaired) electrons. The molecular formula is C17H18N2O4. The lowest BCUT2D eigenvalue weighted by Crippen LogP contribution is -2.33. The van der Waals surface area contributed by atoms with Crippen LogP contribution in [0.2, 0.25) is 0 Å².